The van der Waals surface area contributed by atoms with Gasteiger partial charge < -0.3 is 14.8 Å². The highest BCUT2D eigenvalue weighted by Crippen LogP contribution is 2.30. The summed E-state index contributed by atoms with van der Waals surface area (Å²) in [7, 11) is -2.57. The Hall–Kier alpha value is -2.80. The van der Waals surface area contributed by atoms with E-state index in [2.05, 4.69) is 14.1 Å². The van der Waals surface area contributed by atoms with Gasteiger partial charge in [0.05, 0.1) is 23.9 Å². The summed E-state index contributed by atoms with van der Waals surface area (Å²) >= 11 is 6.97. The predicted octanol–water partition coefficient (Wildman–Crippen LogP) is 3.08. The first-order valence-electron chi connectivity index (χ1n) is 10.3. The van der Waals surface area contributed by atoms with Crippen molar-refractivity contribution < 1.29 is 27.5 Å². The summed E-state index contributed by atoms with van der Waals surface area (Å²) in [6.07, 6.45) is 1.55. The van der Waals surface area contributed by atoms with Crippen LogP contribution < -0.4 is 10.1 Å². The summed E-state index contributed by atoms with van der Waals surface area (Å²) in [5, 5.41) is 2.89. The van der Waals surface area contributed by atoms with Crippen molar-refractivity contribution in [2.45, 2.75) is 30.2 Å². The molecule has 1 unspecified atom stereocenters. The molecule has 13 heteroatoms. The van der Waals surface area contributed by atoms with Gasteiger partial charge in [0.2, 0.25) is 10.0 Å². The van der Waals surface area contributed by atoms with Gasteiger partial charge in [0.15, 0.2) is 6.61 Å². The van der Waals surface area contributed by atoms with Crippen LogP contribution in [0.5, 0.6) is 5.75 Å². The van der Waals surface area contributed by atoms with Gasteiger partial charge in [0.25, 0.3) is 5.91 Å². The van der Waals surface area contributed by atoms with E-state index in [1.165, 1.54) is 19.2 Å². The molecule has 1 aliphatic rings. The third-order valence-electron chi connectivity index (χ3n) is 5.34. The summed E-state index contributed by atoms with van der Waals surface area (Å²) in [6, 6.07) is 8.36. The van der Waals surface area contributed by atoms with Crippen LogP contribution >= 0.6 is 23.3 Å². The van der Waals surface area contributed by atoms with Crippen molar-refractivity contribution in [3.63, 3.8) is 0 Å². The summed E-state index contributed by atoms with van der Waals surface area (Å²) in [6.45, 7) is -0.412. The van der Waals surface area contributed by atoms with Gasteiger partial charge in [-0.05, 0) is 49.6 Å². The maximum atomic E-state index is 13.4. The van der Waals surface area contributed by atoms with E-state index in [9.17, 15) is 18.0 Å². The summed E-state index contributed by atoms with van der Waals surface area (Å²) < 4.78 is 46.4. The minimum absolute atomic E-state index is 0.00687. The Kier molecular flexibility index (Phi) is 7.31. The molecule has 0 aliphatic carbocycles. The molecule has 0 spiro atoms. The number of rotatable bonds is 7. The number of piperidine rings is 1. The van der Waals surface area contributed by atoms with Crippen molar-refractivity contribution >= 4 is 61.9 Å². The second-order valence-electron chi connectivity index (χ2n) is 7.52. The molecule has 0 bridgehead atoms. The molecule has 1 aromatic heterocycles. The predicted molar refractivity (Wildman–Crippen MR) is 127 cm³/mol. The number of ether oxygens (including phenoxy) is 2. The Labute approximate surface area is 205 Å². The Morgan fingerprint density at radius 1 is 1.24 bits per heavy atom. The Morgan fingerprint density at radius 2 is 2.06 bits per heavy atom. The second-order valence-corrected chi connectivity index (χ2v) is 10.3. The minimum atomic E-state index is -4.04. The van der Waals surface area contributed by atoms with E-state index < -0.39 is 34.5 Å². The summed E-state index contributed by atoms with van der Waals surface area (Å²) in [4.78, 5) is 25.1. The molecule has 1 N–H and O–H groups in total. The molecule has 0 saturated carbocycles. The van der Waals surface area contributed by atoms with Crippen molar-refractivity contribution in [2.24, 2.45) is 0 Å². The number of carbonyl (C=O) groups is 2. The zero-order valence-corrected chi connectivity index (χ0v) is 20.5. The lowest BCUT2D eigenvalue weighted by Crippen LogP contribution is -2.48. The highest BCUT2D eigenvalue weighted by Gasteiger charge is 2.39. The molecule has 2 aromatic carbocycles. The molecular formula is C21H21ClN4O6S2. The molecule has 1 fully saturated rings. The van der Waals surface area contributed by atoms with Crippen molar-refractivity contribution in [3.05, 3.63) is 41.4 Å². The van der Waals surface area contributed by atoms with Crippen molar-refractivity contribution in [2.75, 3.05) is 25.6 Å². The van der Waals surface area contributed by atoms with Gasteiger partial charge in [-0.3, -0.25) is 9.59 Å². The first-order chi connectivity index (χ1) is 16.3. The fraction of sp³-hybridized carbons (Fsp3) is 0.333. The molecule has 1 saturated heterocycles. The molecule has 1 atom stereocenters. The van der Waals surface area contributed by atoms with Crippen LogP contribution in [-0.2, 0) is 24.3 Å². The molecule has 1 amide bonds. The number of hydrogen-bond acceptors (Lipinski definition) is 9. The third kappa shape index (κ3) is 4.99. The maximum Gasteiger partial charge on any atom is 0.324 e. The van der Waals surface area contributed by atoms with Crippen LogP contribution in [0.25, 0.3) is 11.0 Å². The largest absolute Gasteiger partial charge is 0.495 e. The Balaban J connectivity index is 1.45. The van der Waals surface area contributed by atoms with Gasteiger partial charge in [-0.15, -0.1) is 0 Å². The number of fused-ring (bicyclic) bond motifs is 1. The van der Waals surface area contributed by atoms with Crippen molar-refractivity contribution in [3.8, 4) is 5.75 Å². The van der Waals surface area contributed by atoms with Gasteiger partial charge in [-0.2, -0.15) is 13.1 Å². The number of sulfonamides is 1. The van der Waals surface area contributed by atoms with Crippen LogP contribution in [0.1, 0.15) is 19.3 Å². The number of methoxy groups -OCH3 is 1. The molecule has 10 nitrogen and oxygen atoms in total. The third-order valence-corrected chi connectivity index (χ3v) is 8.12. The lowest BCUT2D eigenvalue weighted by atomic mass is 10.1. The molecule has 2 heterocycles. The van der Waals surface area contributed by atoms with E-state index in [4.69, 9.17) is 21.1 Å². The van der Waals surface area contributed by atoms with Crippen LogP contribution in [-0.4, -0.2) is 59.6 Å². The zero-order chi connectivity index (χ0) is 24.3. The summed E-state index contributed by atoms with van der Waals surface area (Å²) in [5.74, 6) is -0.915. The van der Waals surface area contributed by atoms with Crippen LogP contribution in [0.2, 0.25) is 5.02 Å². The Bertz CT molecular complexity index is 1330. The van der Waals surface area contributed by atoms with E-state index in [1.54, 1.807) is 24.3 Å². The molecule has 180 valence electrons. The monoisotopic (exact) mass is 524 g/mol. The normalized spacial score (nSPS) is 16.8. The van der Waals surface area contributed by atoms with Crippen LogP contribution in [0.4, 0.5) is 5.69 Å². The van der Waals surface area contributed by atoms with E-state index in [-0.39, 0.29) is 17.0 Å². The smallest absolute Gasteiger partial charge is 0.324 e. The summed E-state index contributed by atoms with van der Waals surface area (Å²) in [5.41, 5.74) is 1.14. The number of carbonyl (C=O) groups excluding carboxylic acids is 2. The van der Waals surface area contributed by atoms with Crippen molar-refractivity contribution in [1.29, 1.82) is 0 Å². The van der Waals surface area contributed by atoms with E-state index in [0.29, 0.717) is 41.2 Å². The highest BCUT2D eigenvalue weighted by molar-refractivity contribution is 7.89. The first kappa shape index (κ1) is 24.3. The number of esters is 1. The standard InChI is InChI=1S/C21H21ClN4O6S2/c1-31-17-9-8-13(11-14(17)22)23-19(27)12-32-21(28)16-6-2-3-10-26(16)34(29,30)18-7-4-5-15-20(18)25-33-24-15/h4-5,7-9,11,16H,2-3,6,10,12H2,1H3,(H,23,27). The lowest BCUT2D eigenvalue weighted by molar-refractivity contribution is -0.152. The number of nitrogens with zero attached hydrogens (tertiary/aromatic N) is 3. The first-order valence-corrected chi connectivity index (χ1v) is 12.9. The molecule has 0 radical (unpaired) electrons. The lowest BCUT2D eigenvalue weighted by Gasteiger charge is -2.32. The Morgan fingerprint density at radius 3 is 2.82 bits per heavy atom. The quantitative estimate of drug-likeness (QED) is 0.467. The highest BCUT2D eigenvalue weighted by atomic mass is 35.5. The number of benzene rings is 2. The number of nitrogens with one attached hydrogen (secondary N) is 1. The average molecular weight is 525 g/mol. The fourth-order valence-electron chi connectivity index (χ4n) is 3.72. The molecule has 3 aromatic rings. The van der Waals surface area contributed by atoms with Crippen molar-refractivity contribution in [1.82, 2.24) is 13.1 Å². The topological polar surface area (TPSA) is 128 Å². The van der Waals surface area contributed by atoms with Gasteiger partial charge in [0, 0.05) is 12.2 Å². The second kappa shape index (κ2) is 10.2. The van der Waals surface area contributed by atoms with Gasteiger partial charge in [-0.25, -0.2) is 8.42 Å². The SMILES string of the molecule is COc1ccc(NC(=O)COC(=O)C2CCCCN2S(=O)(=O)c2cccc3nsnc23)cc1Cl. The van der Waals surface area contributed by atoms with Crippen LogP contribution in [0.15, 0.2) is 41.3 Å². The molecule has 1 aliphatic heterocycles. The number of halogens is 1. The van der Waals surface area contributed by atoms with E-state index >= 15 is 0 Å². The molecule has 4 rings (SSSR count). The number of anilines is 1. The fourth-order valence-corrected chi connectivity index (χ4v) is 6.38. The van der Waals surface area contributed by atoms with Gasteiger partial charge in [0.1, 0.15) is 27.7 Å². The van der Waals surface area contributed by atoms with Crippen LogP contribution in [0, 0.1) is 0 Å². The zero-order valence-electron chi connectivity index (χ0n) is 18.1. The molecule has 34 heavy (non-hydrogen) atoms. The minimum Gasteiger partial charge on any atom is -0.495 e. The van der Waals surface area contributed by atoms with Gasteiger partial charge >= 0.3 is 5.97 Å². The maximum absolute atomic E-state index is 13.4. The van der Waals surface area contributed by atoms with E-state index in [0.717, 1.165) is 16.0 Å². The number of hydrogen-bond donors (Lipinski definition) is 1. The average Bonchev–Trinajstić information content (AvgIpc) is 3.31. The van der Waals surface area contributed by atoms with Crippen LogP contribution in [0.3, 0.4) is 0 Å². The van der Waals surface area contributed by atoms with E-state index in [1.807, 2.05) is 0 Å². The molecular weight excluding hydrogens is 504 g/mol. The van der Waals surface area contributed by atoms with Gasteiger partial charge in [-0.1, -0.05) is 17.7 Å². The number of aromatic nitrogens is 2. The number of amides is 1.